The molecule has 0 fully saturated rings. The molecule has 6 nitrogen and oxygen atoms in total. The second kappa shape index (κ2) is 17.3. The summed E-state index contributed by atoms with van der Waals surface area (Å²) in [5, 5.41) is 11.5. The van der Waals surface area contributed by atoms with E-state index < -0.39 is 11.7 Å². The number of methoxy groups -OCH3 is 1. The van der Waals surface area contributed by atoms with Gasteiger partial charge in [0, 0.05) is 17.5 Å². The van der Waals surface area contributed by atoms with Crippen molar-refractivity contribution in [2.24, 2.45) is 5.92 Å². The second-order valence-corrected chi connectivity index (χ2v) is 11.4. The Bertz CT molecular complexity index is 1420. The van der Waals surface area contributed by atoms with Crippen LogP contribution in [0.3, 0.4) is 0 Å². The van der Waals surface area contributed by atoms with Gasteiger partial charge in [-0.2, -0.15) is 0 Å². The van der Waals surface area contributed by atoms with Crippen molar-refractivity contribution in [1.82, 2.24) is 15.2 Å². The summed E-state index contributed by atoms with van der Waals surface area (Å²) in [7, 11) is 1.45. The monoisotopic (exact) mass is 592 g/mol. The number of benzene rings is 1. The molecule has 1 amide bonds. The number of allylic oxidation sites excluding steroid dienone is 6. The summed E-state index contributed by atoms with van der Waals surface area (Å²) in [4.78, 5) is 16.8. The van der Waals surface area contributed by atoms with Crippen LogP contribution in [0.25, 0.3) is 11.1 Å². The Morgan fingerprint density at radius 3 is 2.45 bits per heavy atom. The van der Waals surface area contributed by atoms with Gasteiger partial charge in [0.2, 0.25) is 5.13 Å². The minimum absolute atomic E-state index is 0.217. The first-order valence-corrected chi connectivity index (χ1v) is 15.3. The number of aryl methyl sites for hydroxylation is 2. The lowest BCUT2D eigenvalue weighted by atomic mass is 9.94. The minimum atomic E-state index is -0.481. The summed E-state index contributed by atoms with van der Waals surface area (Å²) in [6.07, 6.45) is 13.0. The van der Waals surface area contributed by atoms with Crippen LogP contribution in [-0.2, 0) is 0 Å². The predicted octanol–water partition coefficient (Wildman–Crippen LogP) is 9.68. The zero-order valence-corrected chi connectivity index (χ0v) is 27.3. The van der Waals surface area contributed by atoms with Crippen LogP contribution in [0.4, 0.5) is 9.52 Å². The number of nitrogens with one attached hydrogen (secondary N) is 1. The molecule has 1 N–H and O–H groups in total. The van der Waals surface area contributed by atoms with Crippen molar-refractivity contribution < 1.29 is 13.9 Å². The van der Waals surface area contributed by atoms with Gasteiger partial charge in [-0.05, 0) is 76.6 Å². The quantitative estimate of drug-likeness (QED) is 0.224. The lowest BCUT2D eigenvalue weighted by Crippen LogP contribution is -2.14. The molecule has 2 heterocycles. The van der Waals surface area contributed by atoms with Crippen LogP contribution in [-0.4, -0.2) is 28.2 Å². The van der Waals surface area contributed by atoms with E-state index in [0.717, 1.165) is 23.8 Å². The Hall–Kier alpha value is -3.65. The molecule has 0 saturated carbocycles. The number of amides is 1. The Labute approximate surface area is 254 Å². The van der Waals surface area contributed by atoms with Gasteiger partial charge in [0.1, 0.15) is 16.6 Å². The molecule has 42 heavy (non-hydrogen) atoms. The minimum Gasteiger partial charge on any atom is -0.496 e. The Morgan fingerprint density at radius 1 is 1.14 bits per heavy atom. The van der Waals surface area contributed by atoms with E-state index in [4.69, 9.17) is 4.74 Å². The topological polar surface area (TPSA) is 77.0 Å². The van der Waals surface area contributed by atoms with Crippen LogP contribution in [0.2, 0.25) is 0 Å². The maximum Gasteiger partial charge on any atom is 0.259 e. The summed E-state index contributed by atoms with van der Waals surface area (Å²) in [5.41, 5.74) is 6.00. The lowest BCUT2D eigenvalue weighted by molar-refractivity contribution is 0.102. The van der Waals surface area contributed by atoms with Crippen LogP contribution in [0, 0.1) is 25.6 Å². The number of halogens is 1. The molecule has 0 bridgehead atoms. The molecule has 3 rings (SSSR count). The number of anilines is 1. The van der Waals surface area contributed by atoms with Gasteiger partial charge < -0.3 is 4.74 Å². The molecule has 1 unspecified atom stereocenters. The first-order chi connectivity index (χ1) is 20.1. The highest BCUT2D eigenvalue weighted by molar-refractivity contribution is 7.15. The number of pyridine rings is 1. The number of ether oxygens (including phenoxy) is 1. The van der Waals surface area contributed by atoms with E-state index in [1.54, 1.807) is 32.0 Å². The maximum absolute atomic E-state index is 14.5. The number of hydrogen-bond donors (Lipinski definition) is 1. The van der Waals surface area contributed by atoms with Crippen molar-refractivity contribution in [3.8, 4) is 16.9 Å². The normalized spacial score (nSPS) is 12.9. The third-order valence-corrected chi connectivity index (χ3v) is 7.87. The molecule has 2 aromatic heterocycles. The molecule has 0 spiro atoms. The Balaban J connectivity index is 0.000000319. The molecular formula is C34H45FN4O2S. The lowest BCUT2D eigenvalue weighted by Gasteiger charge is -2.14. The second-order valence-electron chi connectivity index (χ2n) is 10.2. The summed E-state index contributed by atoms with van der Waals surface area (Å²) >= 11 is 1.25. The molecule has 3 aromatic rings. The fourth-order valence-electron chi connectivity index (χ4n) is 4.15. The van der Waals surface area contributed by atoms with Crippen molar-refractivity contribution in [3.05, 3.63) is 87.5 Å². The molecule has 1 atom stereocenters. The van der Waals surface area contributed by atoms with Crippen LogP contribution in [0.5, 0.6) is 5.75 Å². The fraction of sp³-hybridized carbons (Fsp3) is 0.412. The summed E-state index contributed by atoms with van der Waals surface area (Å²) in [6, 6.07) is 6.17. The van der Waals surface area contributed by atoms with Gasteiger partial charge in [0.05, 0.1) is 18.2 Å². The Kier molecular flexibility index (Phi) is 14.3. The zero-order valence-electron chi connectivity index (χ0n) is 26.5. The first kappa shape index (κ1) is 34.6. The summed E-state index contributed by atoms with van der Waals surface area (Å²) in [5.74, 6) is 0.202. The van der Waals surface area contributed by atoms with Crippen molar-refractivity contribution in [1.29, 1.82) is 0 Å². The van der Waals surface area contributed by atoms with Crippen LogP contribution in [0.15, 0.2) is 65.4 Å². The van der Waals surface area contributed by atoms with Crippen LogP contribution in [0.1, 0.15) is 88.3 Å². The SMILES string of the molecule is COc1cccc(F)c1-c1cc(C)ncc1C(=O)Nc1nnc(C)s1.C\C=C(/C=C\C(CC(C)CC)=C(\C)CC)CC. The fourth-order valence-corrected chi connectivity index (χ4v) is 4.74. The average Bonchev–Trinajstić information content (AvgIpc) is 3.40. The highest BCUT2D eigenvalue weighted by atomic mass is 32.1. The smallest absolute Gasteiger partial charge is 0.259 e. The maximum atomic E-state index is 14.5. The van der Waals surface area contributed by atoms with E-state index in [1.165, 1.54) is 60.3 Å². The molecule has 0 aliphatic heterocycles. The number of nitrogens with zero attached hydrogens (tertiary/aromatic N) is 3. The van der Waals surface area contributed by atoms with Crippen molar-refractivity contribution in [2.75, 3.05) is 12.4 Å². The number of hydrogen-bond acceptors (Lipinski definition) is 6. The van der Waals surface area contributed by atoms with Gasteiger partial charge in [0.25, 0.3) is 5.91 Å². The van der Waals surface area contributed by atoms with E-state index >= 15 is 0 Å². The van der Waals surface area contributed by atoms with Crippen molar-refractivity contribution >= 4 is 22.4 Å². The van der Waals surface area contributed by atoms with Crippen molar-refractivity contribution in [3.63, 3.8) is 0 Å². The average molecular weight is 593 g/mol. The van der Waals surface area contributed by atoms with Gasteiger partial charge in [-0.25, -0.2) is 4.39 Å². The standard InChI is InChI=1S/C17H15FN4O2S.C17H30/c1-9-7-11(15-13(18)5-4-6-14(15)24-3)12(8-19-9)16(23)20-17-22-21-10(2)25-17;1-7-14(5)13-17(15(6)8-2)12-11-16(9-3)10-4/h4-8H,1-3H3,(H,20,22,23);9,11-12,14H,7-8,10,13H2,1-6H3/b;12-11-,16-9-,17-15+. The summed E-state index contributed by atoms with van der Waals surface area (Å²) < 4.78 is 19.7. The predicted molar refractivity (Wildman–Crippen MR) is 174 cm³/mol. The Morgan fingerprint density at radius 2 is 1.88 bits per heavy atom. The van der Waals surface area contributed by atoms with Crippen LogP contribution >= 0.6 is 11.3 Å². The van der Waals surface area contributed by atoms with Gasteiger partial charge in [-0.15, -0.1) is 10.2 Å². The summed E-state index contributed by atoms with van der Waals surface area (Å²) in [6.45, 7) is 17.0. The van der Waals surface area contributed by atoms with E-state index in [9.17, 15) is 9.18 Å². The van der Waals surface area contributed by atoms with Gasteiger partial charge in [-0.1, -0.05) is 80.9 Å². The first-order valence-electron chi connectivity index (χ1n) is 14.5. The molecule has 226 valence electrons. The van der Waals surface area contributed by atoms with Crippen LogP contribution < -0.4 is 10.1 Å². The number of aromatic nitrogens is 3. The molecule has 0 radical (unpaired) electrons. The molecular weight excluding hydrogens is 547 g/mol. The number of carbonyl (C=O) groups excluding carboxylic acids is 1. The zero-order chi connectivity index (χ0) is 31.2. The third kappa shape index (κ3) is 10.0. The molecule has 1 aromatic carbocycles. The van der Waals surface area contributed by atoms with E-state index in [1.807, 2.05) is 0 Å². The molecule has 0 aliphatic carbocycles. The molecule has 0 saturated heterocycles. The number of carbonyl (C=O) groups is 1. The highest BCUT2D eigenvalue weighted by Gasteiger charge is 2.21. The molecule has 0 aliphatic rings. The van der Waals surface area contributed by atoms with E-state index in [-0.39, 0.29) is 11.1 Å². The van der Waals surface area contributed by atoms with Gasteiger partial charge in [0.15, 0.2) is 0 Å². The third-order valence-electron chi connectivity index (χ3n) is 7.12. The van der Waals surface area contributed by atoms with E-state index in [0.29, 0.717) is 22.1 Å². The van der Waals surface area contributed by atoms with Gasteiger partial charge >= 0.3 is 0 Å². The largest absolute Gasteiger partial charge is 0.496 e. The number of rotatable bonds is 11. The van der Waals surface area contributed by atoms with Gasteiger partial charge in [-0.3, -0.25) is 15.1 Å². The molecule has 8 heteroatoms. The van der Waals surface area contributed by atoms with E-state index in [2.05, 4.69) is 80.3 Å². The van der Waals surface area contributed by atoms with Crippen molar-refractivity contribution in [2.45, 2.75) is 81.1 Å². The highest BCUT2D eigenvalue weighted by Crippen LogP contribution is 2.35.